The molecule has 0 saturated heterocycles. The third kappa shape index (κ3) is 4.27. The second-order valence-corrected chi connectivity index (χ2v) is 8.13. The van der Waals surface area contributed by atoms with Crippen LogP contribution in [0.1, 0.15) is 15.9 Å². The first-order valence-corrected chi connectivity index (χ1v) is 9.92. The number of nitrogens with two attached hydrogens (primary N) is 1. The summed E-state index contributed by atoms with van der Waals surface area (Å²) in [5.41, 5.74) is 5.87. The summed E-state index contributed by atoms with van der Waals surface area (Å²) in [5, 5.41) is 2.56. The fraction of sp³-hybridized carbons (Fsp3) is 0.105. The lowest BCUT2D eigenvalue weighted by atomic mass is 10.2. The molecule has 1 aromatic heterocycles. The van der Waals surface area contributed by atoms with Crippen LogP contribution in [0.2, 0.25) is 0 Å². The molecule has 0 aliphatic rings. The quantitative estimate of drug-likeness (QED) is 0.619. The Morgan fingerprint density at radius 2 is 1.62 bits per heavy atom. The van der Waals surface area contributed by atoms with E-state index in [9.17, 15) is 22.8 Å². The minimum absolute atomic E-state index is 0.0260. The number of rotatable bonds is 6. The molecular formula is C19H18N4O5S. The van der Waals surface area contributed by atoms with Gasteiger partial charge in [0.15, 0.2) is 0 Å². The van der Waals surface area contributed by atoms with Crippen molar-refractivity contribution in [3.8, 4) is 0 Å². The topological polar surface area (TPSA) is 133 Å². The second kappa shape index (κ2) is 7.76. The number of carbonyl (C=O) groups is 2. The summed E-state index contributed by atoms with van der Waals surface area (Å²) in [6, 6.07) is 12.0. The van der Waals surface area contributed by atoms with Crippen LogP contribution < -0.4 is 16.7 Å². The van der Waals surface area contributed by atoms with E-state index in [-0.39, 0.29) is 17.0 Å². The SMILES string of the molecule is Cc1ccc(S(=O)(=O)n2ccn(CC(=O)Nc3ccc(C(N)=O)cc3)c2=O)cc1. The summed E-state index contributed by atoms with van der Waals surface area (Å²) >= 11 is 0. The van der Waals surface area contributed by atoms with Crippen LogP contribution in [0.15, 0.2) is 70.6 Å². The number of aryl methyl sites for hydroxylation is 1. The normalized spacial score (nSPS) is 11.2. The summed E-state index contributed by atoms with van der Waals surface area (Å²) in [5.74, 6) is -1.13. The van der Waals surface area contributed by atoms with E-state index in [1.807, 2.05) is 6.92 Å². The highest BCUT2D eigenvalue weighted by atomic mass is 32.2. The van der Waals surface area contributed by atoms with Gasteiger partial charge in [-0.05, 0) is 43.3 Å². The molecule has 3 rings (SSSR count). The zero-order valence-electron chi connectivity index (χ0n) is 15.4. The molecule has 0 aliphatic heterocycles. The first-order chi connectivity index (χ1) is 13.7. The molecule has 2 aromatic carbocycles. The molecule has 0 bridgehead atoms. The van der Waals surface area contributed by atoms with Crippen molar-refractivity contribution < 1.29 is 18.0 Å². The number of nitrogens with one attached hydrogen (secondary N) is 1. The number of nitrogens with zero attached hydrogens (tertiary/aromatic N) is 2. The van der Waals surface area contributed by atoms with Crippen molar-refractivity contribution in [3.63, 3.8) is 0 Å². The van der Waals surface area contributed by atoms with Crippen molar-refractivity contribution in [2.75, 3.05) is 5.32 Å². The van der Waals surface area contributed by atoms with Gasteiger partial charge in [-0.2, -0.15) is 3.97 Å². The molecule has 3 N–H and O–H groups in total. The Labute approximate surface area is 166 Å². The molecule has 10 heteroatoms. The van der Waals surface area contributed by atoms with E-state index < -0.39 is 27.5 Å². The summed E-state index contributed by atoms with van der Waals surface area (Å²) in [7, 11) is -4.07. The largest absolute Gasteiger partial charge is 0.366 e. The summed E-state index contributed by atoms with van der Waals surface area (Å²) < 4.78 is 26.9. The van der Waals surface area contributed by atoms with Crippen LogP contribution in [0.5, 0.6) is 0 Å². The third-order valence-corrected chi connectivity index (χ3v) is 5.82. The summed E-state index contributed by atoms with van der Waals surface area (Å²) in [6.45, 7) is 1.44. The van der Waals surface area contributed by atoms with Gasteiger partial charge in [0.2, 0.25) is 11.8 Å². The molecule has 0 aliphatic carbocycles. The molecule has 2 amide bonds. The average molecular weight is 414 g/mol. The minimum Gasteiger partial charge on any atom is -0.366 e. The molecule has 0 fully saturated rings. The van der Waals surface area contributed by atoms with Gasteiger partial charge < -0.3 is 11.1 Å². The van der Waals surface area contributed by atoms with Gasteiger partial charge in [-0.25, -0.2) is 13.2 Å². The van der Waals surface area contributed by atoms with Crippen LogP contribution >= 0.6 is 0 Å². The monoisotopic (exact) mass is 414 g/mol. The van der Waals surface area contributed by atoms with Gasteiger partial charge in [0.1, 0.15) is 6.54 Å². The van der Waals surface area contributed by atoms with Gasteiger partial charge >= 0.3 is 5.69 Å². The maximum Gasteiger partial charge on any atom is 0.342 e. The number of carbonyl (C=O) groups excluding carboxylic acids is 2. The molecule has 150 valence electrons. The molecule has 29 heavy (non-hydrogen) atoms. The number of primary amides is 1. The lowest BCUT2D eigenvalue weighted by molar-refractivity contribution is -0.116. The van der Waals surface area contributed by atoms with Crippen molar-refractivity contribution in [2.45, 2.75) is 18.4 Å². The number of anilines is 1. The van der Waals surface area contributed by atoms with Crippen LogP contribution in [-0.2, 0) is 21.4 Å². The standard InChI is InChI=1S/C19H18N4O5S/c1-13-2-8-16(9-3-13)29(27,28)23-11-10-22(19(23)26)12-17(24)21-15-6-4-14(5-7-15)18(20)25/h2-11H,12H2,1H3,(H2,20,25)(H,21,24). The van der Waals surface area contributed by atoms with Crippen molar-refractivity contribution in [2.24, 2.45) is 5.73 Å². The molecule has 0 saturated carbocycles. The van der Waals surface area contributed by atoms with Crippen molar-refractivity contribution in [3.05, 3.63) is 82.5 Å². The molecule has 0 atom stereocenters. The second-order valence-electron chi connectivity index (χ2n) is 6.31. The fourth-order valence-corrected chi connectivity index (χ4v) is 3.83. The smallest absolute Gasteiger partial charge is 0.342 e. The maximum absolute atomic E-state index is 12.7. The van der Waals surface area contributed by atoms with E-state index in [1.165, 1.54) is 42.6 Å². The van der Waals surface area contributed by atoms with E-state index in [1.54, 1.807) is 12.1 Å². The highest BCUT2D eigenvalue weighted by molar-refractivity contribution is 7.90. The van der Waals surface area contributed by atoms with Gasteiger partial charge in [0, 0.05) is 23.6 Å². The Morgan fingerprint density at radius 1 is 1.00 bits per heavy atom. The maximum atomic E-state index is 12.7. The Balaban J connectivity index is 1.77. The van der Waals surface area contributed by atoms with Crippen LogP contribution in [0, 0.1) is 6.92 Å². The van der Waals surface area contributed by atoms with Crippen molar-refractivity contribution in [1.29, 1.82) is 0 Å². The predicted molar refractivity (Wildman–Crippen MR) is 106 cm³/mol. The number of amides is 2. The number of hydrogen-bond donors (Lipinski definition) is 2. The molecular weight excluding hydrogens is 396 g/mol. The van der Waals surface area contributed by atoms with Crippen LogP contribution in [0.25, 0.3) is 0 Å². The van der Waals surface area contributed by atoms with Gasteiger partial charge in [-0.15, -0.1) is 0 Å². The lowest BCUT2D eigenvalue weighted by Gasteiger charge is -2.07. The molecule has 9 nitrogen and oxygen atoms in total. The van der Waals surface area contributed by atoms with Crippen LogP contribution in [0.3, 0.4) is 0 Å². The third-order valence-electron chi connectivity index (χ3n) is 4.16. The highest BCUT2D eigenvalue weighted by Gasteiger charge is 2.21. The first kappa shape index (κ1) is 20.1. The van der Waals surface area contributed by atoms with Crippen molar-refractivity contribution >= 4 is 27.5 Å². The van der Waals surface area contributed by atoms with Crippen molar-refractivity contribution in [1.82, 2.24) is 8.54 Å². The highest BCUT2D eigenvalue weighted by Crippen LogP contribution is 2.13. The van der Waals surface area contributed by atoms with E-state index >= 15 is 0 Å². The van der Waals surface area contributed by atoms with Gasteiger partial charge in [-0.3, -0.25) is 14.2 Å². The number of benzene rings is 2. The lowest BCUT2D eigenvalue weighted by Crippen LogP contribution is -2.32. The molecule has 0 spiro atoms. The molecule has 0 radical (unpaired) electrons. The Hall–Kier alpha value is -3.66. The summed E-state index contributed by atoms with van der Waals surface area (Å²) in [6.07, 6.45) is 2.33. The minimum atomic E-state index is -4.07. The fourth-order valence-electron chi connectivity index (χ4n) is 2.60. The average Bonchev–Trinajstić information content (AvgIpc) is 3.03. The van der Waals surface area contributed by atoms with E-state index in [4.69, 9.17) is 5.73 Å². The van der Waals surface area contributed by atoms with Gasteiger partial charge in [0.05, 0.1) is 4.90 Å². The van der Waals surface area contributed by atoms with E-state index in [0.29, 0.717) is 9.66 Å². The molecule has 0 unspecified atom stereocenters. The van der Waals surface area contributed by atoms with E-state index in [0.717, 1.165) is 16.3 Å². The van der Waals surface area contributed by atoms with Gasteiger partial charge in [-0.1, -0.05) is 17.7 Å². The zero-order chi connectivity index (χ0) is 21.2. The Kier molecular flexibility index (Phi) is 5.37. The predicted octanol–water partition coefficient (Wildman–Crippen LogP) is 0.933. The zero-order valence-corrected chi connectivity index (χ0v) is 16.2. The van der Waals surface area contributed by atoms with Crippen LogP contribution in [0.4, 0.5) is 5.69 Å². The number of hydrogen-bond acceptors (Lipinski definition) is 5. The van der Waals surface area contributed by atoms with Gasteiger partial charge in [0.25, 0.3) is 10.0 Å². The van der Waals surface area contributed by atoms with Crippen LogP contribution in [-0.4, -0.2) is 28.8 Å². The number of imidazole rings is 1. The van der Waals surface area contributed by atoms with E-state index in [2.05, 4.69) is 5.32 Å². The first-order valence-electron chi connectivity index (χ1n) is 8.48. The number of aromatic nitrogens is 2. The molecule has 3 aromatic rings. The Morgan fingerprint density at radius 3 is 2.21 bits per heavy atom. The molecule has 1 heterocycles. The Bertz CT molecular complexity index is 1220. The summed E-state index contributed by atoms with van der Waals surface area (Å²) in [4.78, 5) is 35.7.